The van der Waals surface area contributed by atoms with Crippen LogP contribution in [0, 0.1) is 18.3 Å². The van der Waals surface area contributed by atoms with Crippen molar-refractivity contribution in [2.24, 2.45) is 0 Å². The first-order valence-electron chi connectivity index (χ1n) is 5.73. The zero-order chi connectivity index (χ0) is 13.1. The largest absolute Gasteiger partial charge is 0.378 e. The van der Waals surface area contributed by atoms with E-state index >= 15 is 0 Å². The summed E-state index contributed by atoms with van der Waals surface area (Å²) in [5.41, 5.74) is 3.18. The lowest BCUT2D eigenvalue weighted by atomic mass is 10.2. The minimum absolute atomic E-state index is 0.387. The Kier molecular flexibility index (Phi) is 3.63. The average molecular weight is 257 g/mol. The maximum Gasteiger partial charge on any atom is 0.123 e. The van der Waals surface area contributed by atoms with Crippen molar-refractivity contribution in [3.8, 4) is 16.6 Å². The summed E-state index contributed by atoms with van der Waals surface area (Å²) in [7, 11) is 4.04. The first kappa shape index (κ1) is 12.6. The smallest absolute Gasteiger partial charge is 0.123 e. The summed E-state index contributed by atoms with van der Waals surface area (Å²) in [4.78, 5) is 7.72. The SMILES string of the molecule is Cc1sc(-c2ccc(N(C)C)cc2)nc1CC#N. The van der Waals surface area contributed by atoms with Crippen LogP contribution >= 0.6 is 11.3 Å². The molecule has 0 amide bonds. The van der Waals surface area contributed by atoms with Crippen molar-refractivity contribution in [2.45, 2.75) is 13.3 Å². The second-order valence-corrected chi connectivity index (χ2v) is 5.50. The zero-order valence-corrected chi connectivity index (χ0v) is 11.6. The van der Waals surface area contributed by atoms with Gasteiger partial charge in [0.25, 0.3) is 0 Å². The van der Waals surface area contributed by atoms with Gasteiger partial charge in [-0.15, -0.1) is 11.3 Å². The van der Waals surface area contributed by atoms with Crippen LogP contribution in [-0.2, 0) is 6.42 Å². The second-order valence-electron chi connectivity index (χ2n) is 4.30. The summed E-state index contributed by atoms with van der Waals surface area (Å²) in [6, 6.07) is 10.5. The van der Waals surface area contributed by atoms with E-state index in [9.17, 15) is 0 Å². The summed E-state index contributed by atoms with van der Waals surface area (Å²) in [6.07, 6.45) is 0.387. The molecule has 0 saturated heterocycles. The molecule has 0 N–H and O–H groups in total. The van der Waals surface area contributed by atoms with Gasteiger partial charge in [0.15, 0.2) is 0 Å². The molecule has 4 heteroatoms. The van der Waals surface area contributed by atoms with Crippen LogP contribution in [0.3, 0.4) is 0 Å². The molecule has 0 spiro atoms. The number of anilines is 1. The van der Waals surface area contributed by atoms with E-state index in [1.165, 1.54) is 5.69 Å². The van der Waals surface area contributed by atoms with E-state index in [-0.39, 0.29) is 0 Å². The summed E-state index contributed by atoms with van der Waals surface area (Å²) < 4.78 is 0. The fourth-order valence-corrected chi connectivity index (χ4v) is 2.63. The molecule has 0 fully saturated rings. The van der Waals surface area contributed by atoms with Gasteiger partial charge in [-0.05, 0) is 31.2 Å². The number of benzene rings is 1. The Labute approximate surface area is 111 Å². The van der Waals surface area contributed by atoms with Gasteiger partial charge < -0.3 is 4.90 Å². The molecule has 1 aromatic carbocycles. The van der Waals surface area contributed by atoms with E-state index in [0.717, 1.165) is 21.1 Å². The van der Waals surface area contributed by atoms with Crippen molar-refractivity contribution in [1.82, 2.24) is 4.98 Å². The maximum absolute atomic E-state index is 8.73. The van der Waals surface area contributed by atoms with Crippen LogP contribution in [0.4, 0.5) is 5.69 Å². The minimum Gasteiger partial charge on any atom is -0.378 e. The van der Waals surface area contributed by atoms with Crippen molar-refractivity contribution >= 4 is 17.0 Å². The Morgan fingerprint density at radius 3 is 2.50 bits per heavy atom. The van der Waals surface area contributed by atoms with Crippen LogP contribution in [0.1, 0.15) is 10.6 Å². The highest BCUT2D eigenvalue weighted by Crippen LogP contribution is 2.29. The molecule has 0 radical (unpaired) electrons. The third-order valence-corrected chi connectivity index (χ3v) is 3.83. The molecule has 0 aliphatic rings. The minimum atomic E-state index is 0.387. The van der Waals surface area contributed by atoms with Gasteiger partial charge in [0.2, 0.25) is 0 Å². The summed E-state index contributed by atoms with van der Waals surface area (Å²) >= 11 is 1.65. The van der Waals surface area contributed by atoms with Gasteiger partial charge in [0, 0.05) is 30.2 Å². The molecule has 3 nitrogen and oxygen atoms in total. The Balaban J connectivity index is 2.31. The molecule has 1 heterocycles. The summed E-state index contributed by atoms with van der Waals surface area (Å²) in [5, 5.41) is 9.72. The molecule has 0 unspecified atom stereocenters. The van der Waals surface area contributed by atoms with Crippen LogP contribution in [-0.4, -0.2) is 19.1 Å². The Hall–Kier alpha value is -1.86. The van der Waals surface area contributed by atoms with Crippen LogP contribution in [0.15, 0.2) is 24.3 Å². The number of aryl methyl sites for hydroxylation is 1. The Morgan fingerprint density at radius 1 is 1.28 bits per heavy atom. The monoisotopic (exact) mass is 257 g/mol. The first-order chi connectivity index (χ1) is 8.61. The number of hydrogen-bond donors (Lipinski definition) is 0. The van der Waals surface area contributed by atoms with Crippen LogP contribution in [0.2, 0.25) is 0 Å². The zero-order valence-electron chi connectivity index (χ0n) is 10.8. The van der Waals surface area contributed by atoms with E-state index < -0.39 is 0 Å². The topological polar surface area (TPSA) is 39.9 Å². The Morgan fingerprint density at radius 2 is 1.94 bits per heavy atom. The second kappa shape index (κ2) is 5.19. The fraction of sp³-hybridized carbons (Fsp3) is 0.286. The molecular weight excluding hydrogens is 242 g/mol. The van der Waals surface area contributed by atoms with Crippen molar-refractivity contribution in [3.05, 3.63) is 34.8 Å². The highest BCUT2D eigenvalue weighted by molar-refractivity contribution is 7.15. The van der Waals surface area contributed by atoms with Gasteiger partial charge in [0.1, 0.15) is 5.01 Å². The summed E-state index contributed by atoms with van der Waals surface area (Å²) in [5.74, 6) is 0. The van der Waals surface area contributed by atoms with Gasteiger partial charge in [0.05, 0.1) is 18.2 Å². The van der Waals surface area contributed by atoms with Crippen molar-refractivity contribution in [2.75, 3.05) is 19.0 Å². The number of thiazole rings is 1. The van der Waals surface area contributed by atoms with Gasteiger partial charge in [-0.3, -0.25) is 0 Å². The molecule has 2 aromatic rings. The predicted octanol–water partition coefficient (Wildman–Crippen LogP) is 3.25. The standard InChI is InChI=1S/C14H15N3S/c1-10-13(8-9-15)16-14(18-10)11-4-6-12(7-5-11)17(2)3/h4-7H,8H2,1-3H3. The van der Waals surface area contributed by atoms with E-state index in [0.29, 0.717) is 6.42 Å². The lowest BCUT2D eigenvalue weighted by Gasteiger charge is -2.11. The van der Waals surface area contributed by atoms with Crippen molar-refractivity contribution in [3.63, 3.8) is 0 Å². The van der Waals surface area contributed by atoms with Gasteiger partial charge in [-0.2, -0.15) is 5.26 Å². The highest BCUT2D eigenvalue weighted by Gasteiger charge is 2.09. The number of aromatic nitrogens is 1. The molecular formula is C14H15N3S. The molecule has 18 heavy (non-hydrogen) atoms. The molecule has 0 aliphatic carbocycles. The summed E-state index contributed by atoms with van der Waals surface area (Å²) in [6.45, 7) is 2.02. The van der Waals surface area contributed by atoms with Crippen LogP contribution < -0.4 is 4.90 Å². The van der Waals surface area contributed by atoms with Gasteiger partial charge in [-0.1, -0.05) is 0 Å². The molecule has 1 aromatic heterocycles. The molecule has 0 atom stereocenters. The third kappa shape index (κ3) is 2.52. The lowest BCUT2D eigenvalue weighted by Crippen LogP contribution is -2.07. The van der Waals surface area contributed by atoms with E-state index in [1.54, 1.807) is 11.3 Å². The molecule has 0 aliphatic heterocycles. The van der Waals surface area contributed by atoms with Gasteiger partial charge >= 0.3 is 0 Å². The number of hydrogen-bond acceptors (Lipinski definition) is 4. The fourth-order valence-electron chi connectivity index (χ4n) is 1.69. The maximum atomic E-state index is 8.73. The molecule has 0 saturated carbocycles. The Bertz CT molecular complexity index is 576. The molecule has 0 bridgehead atoms. The van der Waals surface area contributed by atoms with Crippen LogP contribution in [0.5, 0.6) is 0 Å². The molecule has 2 rings (SSSR count). The van der Waals surface area contributed by atoms with Crippen LogP contribution in [0.25, 0.3) is 10.6 Å². The van der Waals surface area contributed by atoms with E-state index in [4.69, 9.17) is 5.26 Å². The van der Waals surface area contributed by atoms with Crippen molar-refractivity contribution in [1.29, 1.82) is 5.26 Å². The molecule has 92 valence electrons. The average Bonchev–Trinajstić information content (AvgIpc) is 2.72. The lowest BCUT2D eigenvalue weighted by molar-refractivity contribution is 1.13. The number of nitriles is 1. The highest BCUT2D eigenvalue weighted by atomic mass is 32.1. The number of rotatable bonds is 3. The predicted molar refractivity (Wildman–Crippen MR) is 75.9 cm³/mol. The third-order valence-electron chi connectivity index (χ3n) is 2.77. The van der Waals surface area contributed by atoms with Gasteiger partial charge in [-0.25, -0.2) is 4.98 Å². The van der Waals surface area contributed by atoms with Crippen molar-refractivity contribution < 1.29 is 0 Å². The van der Waals surface area contributed by atoms with E-state index in [1.807, 2.05) is 21.0 Å². The van der Waals surface area contributed by atoms with E-state index in [2.05, 4.69) is 40.2 Å². The normalized spacial score (nSPS) is 10.1. The quantitative estimate of drug-likeness (QED) is 0.847. The number of nitrogens with zero attached hydrogens (tertiary/aromatic N) is 3. The first-order valence-corrected chi connectivity index (χ1v) is 6.54.